The van der Waals surface area contributed by atoms with E-state index in [1.807, 2.05) is 26.1 Å². The average Bonchev–Trinajstić information content (AvgIpc) is 2.56. The molecule has 6 heteroatoms. The summed E-state index contributed by atoms with van der Waals surface area (Å²) >= 11 is 0. The number of likely N-dealkylation sites (N-methyl/N-ethyl adjacent to an activating group) is 1. The zero-order valence-corrected chi connectivity index (χ0v) is 15.0. The van der Waals surface area contributed by atoms with Gasteiger partial charge in [0.2, 0.25) is 0 Å². The molecule has 0 saturated heterocycles. The van der Waals surface area contributed by atoms with Crippen LogP contribution in [0.3, 0.4) is 0 Å². The lowest BCUT2D eigenvalue weighted by Gasteiger charge is -2.17. The quantitative estimate of drug-likeness (QED) is 0.803. The first-order valence-electron chi connectivity index (χ1n) is 8.01. The van der Waals surface area contributed by atoms with Crippen LogP contribution < -0.4 is 19.7 Å². The molecule has 0 spiro atoms. The van der Waals surface area contributed by atoms with Gasteiger partial charge >= 0.3 is 0 Å². The lowest BCUT2D eigenvalue weighted by atomic mass is 10.1. The number of rotatable bonds is 7. The van der Waals surface area contributed by atoms with E-state index in [1.165, 1.54) is 12.1 Å². The van der Waals surface area contributed by atoms with E-state index in [4.69, 9.17) is 9.47 Å². The molecule has 2 N–H and O–H groups in total. The van der Waals surface area contributed by atoms with Crippen LogP contribution in [0.5, 0.6) is 11.5 Å². The number of quaternary nitrogens is 1. The first-order valence-corrected chi connectivity index (χ1v) is 8.01. The molecular formula is C19H24FN2O3+. The van der Waals surface area contributed by atoms with Gasteiger partial charge in [0.25, 0.3) is 5.91 Å². The largest absolute Gasteiger partial charge is 0.493 e. The Morgan fingerprint density at radius 2 is 1.84 bits per heavy atom. The zero-order valence-electron chi connectivity index (χ0n) is 15.0. The van der Waals surface area contributed by atoms with Crippen molar-refractivity contribution in [2.75, 3.05) is 33.1 Å². The van der Waals surface area contributed by atoms with Crippen molar-refractivity contribution in [2.45, 2.75) is 13.5 Å². The Hall–Kier alpha value is -2.60. The van der Waals surface area contributed by atoms with Gasteiger partial charge in [0.05, 0.1) is 21.3 Å². The predicted octanol–water partition coefficient (Wildman–Crippen LogP) is 1.80. The Labute approximate surface area is 147 Å². The van der Waals surface area contributed by atoms with Gasteiger partial charge in [-0.15, -0.1) is 0 Å². The highest BCUT2D eigenvalue weighted by molar-refractivity contribution is 5.91. The minimum atomic E-state index is -0.376. The fraction of sp³-hybridized carbons (Fsp3) is 0.316. The second kappa shape index (κ2) is 8.48. The summed E-state index contributed by atoms with van der Waals surface area (Å²) in [6.07, 6.45) is 0. The van der Waals surface area contributed by atoms with Crippen LogP contribution >= 0.6 is 0 Å². The highest BCUT2D eigenvalue weighted by Gasteiger charge is 2.15. The van der Waals surface area contributed by atoms with Gasteiger partial charge in [-0.3, -0.25) is 4.79 Å². The minimum absolute atomic E-state index is 0.166. The highest BCUT2D eigenvalue weighted by Crippen LogP contribution is 2.29. The summed E-state index contributed by atoms with van der Waals surface area (Å²) in [5.41, 5.74) is 2.61. The third-order valence-corrected chi connectivity index (χ3v) is 3.91. The smallest absolute Gasteiger partial charge is 0.279 e. The SMILES string of the molecule is COc1cc(C)c(C[NH+](C)CC(=O)Nc2cccc(F)c2)cc1OC. The monoisotopic (exact) mass is 347 g/mol. The number of methoxy groups -OCH3 is 2. The lowest BCUT2D eigenvalue weighted by molar-refractivity contribution is -0.885. The molecule has 25 heavy (non-hydrogen) atoms. The number of anilines is 1. The Kier molecular flexibility index (Phi) is 6.36. The van der Waals surface area contributed by atoms with Gasteiger partial charge in [-0.25, -0.2) is 4.39 Å². The molecule has 2 aromatic rings. The van der Waals surface area contributed by atoms with Crippen molar-refractivity contribution >= 4 is 11.6 Å². The molecule has 1 amide bonds. The predicted molar refractivity (Wildman–Crippen MR) is 94.8 cm³/mol. The van der Waals surface area contributed by atoms with Crippen LogP contribution in [-0.4, -0.2) is 33.7 Å². The molecule has 0 aliphatic rings. The van der Waals surface area contributed by atoms with Gasteiger partial charge in [-0.1, -0.05) is 6.07 Å². The molecule has 1 atom stereocenters. The maximum Gasteiger partial charge on any atom is 0.279 e. The maximum atomic E-state index is 13.2. The molecule has 2 aromatic carbocycles. The summed E-state index contributed by atoms with van der Waals surface area (Å²) in [6, 6.07) is 9.72. The molecule has 0 heterocycles. The Bertz CT molecular complexity index is 749. The van der Waals surface area contributed by atoms with Gasteiger partial charge in [-0.2, -0.15) is 0 Å². The number of carbonyl (C=O) groups excluding carboxylic acids is 1. The van der Waals surface area contributed by atoms with E-state index in [1.54, 1.807) is 26.4 Å². The number of halogens is 1. The molecule has 2 rings (SSSR count). The van der Waals surface area contributed by atoms with E-state index in [0.717, 1.165) is 16.0 Å². The van der Waals surface area contributed by atoms with Gasteiger partial charge in [0.1, 0.15) is 12.4 Å². The van der Waals surface area contributed by atoms with Crippen molar-refractivity contribution < 1.29 is 23.6 Å². The van der Waals surface area contributed by atoms with Crippen LogP contribution in [-0.2, 0) is 11.3 Å². The van der Waals surface area contributed by atoms with Crippen LogP contribution in [0.15, 0.2) is 36.4 Å². The third kappa shape index (κ3) is 5.19. The molecule has 0 aliphatic carbocycles. The summed E-state index contributed by atoms with van der Waals surface area (Å²) in [4.78, 5) is 13.1. The molecule has 0 fully saturated rings. The normalized spacial score (nSPS) is 11.7. The fourth-order valence-electron chi connectivity index (χ4n) is 2.65. The number of hydrogen-bond donors (Lipinski definition) is 2. The standard InChI is InChI=1S/C19H23FN2O3/c1-13-8-17(24-3)18(25-4)9-14(13)11-22(2)12-19(23)21-16-7-5-6-15(20)10-16/h5-10H,11-12H2,1-4H3,(H,21,23)/p+1. The summed E-state index contributed by atoms with van der Waals surface area (Å²) in [7, 11) is 5.13. The van der Waals surface area contributed by atoms with Crippen molar-refractivity contribution in [3.05, 3.63) is 53.3 Å². The number of ether oxygens (including phenoxy) is 2. The number of nitrogens with one attached hydrogen (secondary N) is 2. The number of carbonyl (C=O) groups is 1. The Morgan fingerprint density at radius 3 is 2.48 bits per heavy atom. The third-order valence-electron chi connectivity index (χ3n) is 3.91. The van der Waals surface area contributed by atoms with E-state index < -0.39 is 0 Å². The van der Waals surface area contributed by atoms with E-state index in [9.17, 15) is 9.18 Å². The van der Waals surface area contributed by atoms with Crippen molar-refractivity contribution in [2.24, 2.45) is 0 Å². The zero-order chi connectivity index (χ0) is 18.4. The van der Waals surface area contributed by atoms with Crippen LogP contribution in [0.2, 0.25) is 0 Å². The van der Waals surface area contributed by atoms with E-state index in [0.29, 0.717) is 23.7 Å². The fourth-order valence-corrected chi connectivity index (χ4v) is 2.65. The second-order valence-electron chi connectivity index (χ2n) is 6.00. The van der Waals surface area contributed by atoms with E-state index >= 15 is 0 Å². The second-order valence-corrected chi connectivity index (χ2v) is 6.00. The minimum Gasteiger partial charge on any atom is -0.493 e. The average molecular weight is 347 g/mol. The molecule has 0 saturated carbocycles. The first-order chi connectivity index (χ1) is 11.9. The van der Waals surface area contributed by atoms with Crippen LogP contribution in [0.25, 0.3) is 0 Å². The summed E-state index contributed by atoms with van der Waals surface area (Å²) < 4.78 is 23.8. The Balaban J connectivity index is 2.00. The number of hydrogen-bond acceptors (Lipinski definition) is 3. The number of benzene rings is 2. The van der Waals surface area contributed by atoms with Crippen LogP contribution in [0, 0.1) is 12.7 Å². The molecule has 5 nitrogen and oxygen atoms in total. The maximum absolute atomic E-state index is 13.2. The van der Waals surface area contributed by atoms with Gasteiger partial charge in [0.15, 0.2) is 18.0 Å². The Morgan fingerprint density at radius 1 is 1.16 bits per heavy atom. The lowest BCUT2D eigenvalue weighted by Crippen LogP contribution is -3.08. The molecule has 0 aromatic heterocycles. The first kappa shape index (κ1) is 18.7. The number of aryl methyl sites for hydroxylation is 1. The molecule has 0 radical (unpaired) electrons. The van der Waals surface area contributed by atoms with E-state index in [2.05, 4.69) is 5.32 Å². The highest BCUT2D eigenvalue weighted by atomic mass is 19.1. The van der Waals surface area contributed by atoms with E-state index in [-0.39, 0.29) is 18.3 Å². The summed E-state index contributed by atoms with van der Waals surface area (Å²) in [5.74, 6) is 0.811. The molecule has 134 valence electrons. The summed E-state index contributed by atoms with van der Waals surface area (Å²) in [5, 5.41) is 2.71. The molecule has 1 unspecified atom stereocenters. The number of amides is 1. The molecule has 0 bridgehead atoms. The van der Waals surface area contributed by atoms with Crippen molar-refractivity contribution in [1.29, 1.82) is 0 Å². The van der Waals surface area contributed by atoms with Gasteiger partial charge in [-0.05, 0) is 42.8 Å². The van der Waals surface area contributed by atoms with Crippen molar-refractivity contribution in [3.63, 3.8) is 0 Å². The van der Waals surface area contributed by atoms with Crippen LogP contribution in [0.1, 0.15) is 11.1 Å². The molecule has 0 aliphatic heterocycles. The van der Waals surface area contributed by atoms with Crippen molar-refractivity contribution in [3.8, 4) is 11.5 Å². The van der Waals surface area contributed by atoms with Gasteiger partial charge in [0, 0.05) is 11.3 Å². The van der Waals surface area contributed by atoms with Crippen LogP contribution in [0.4, 0.5) is 10.1 Å². The molecular weight excluding hydrogens is 323 g/mol. The topological polar surface area (TPSA) is 52.0 Å². The van der Waals surface area contributed by atoms with Gasteiger partial charge < -0.3 is 19.7 Å². The van der Waals surface area contributed by atoms with Crippen molar-refractivity contribution in [1.82, 2.24) is 0 Å². The summed E-state index contributed by atoms with van der Waals surface area (Å²) in [6.45, 7) is 2.92.